The van der Waals surface area contributed by atoms with Crippen molar-refractivity contribution in [3.05, 3.63) is 18.2 Å². The molecule has 1 aromatic rings. The molecule has 1 aliphatic heterocycles. The van der Waals surface area contributed by atoms with Crippen LogP contribution in [0, 0.1) is 0 Å². The summed E-state index contributed by atoms with van der Waals surface area (Å²) < 4.78 is 15.8. The Hall–Kier alpha value is -1.93. The SMILES string of the molecule is COc1ccc(NC(=O)C(=O)NCC2(OC)CCSC2)cc1OC. The predicted molar refractivity (Wildman–Crippen MR) is 92.9 cm³/mol. The molecule has 1 atom stereocenters. The van der Waals surface area contributed by atoms with Crippen LogP contribution in [0.5, 0.6) is 11.5 Å². The van der Waals surface area contributed by atoms with Gasteiger partial charge in [0.15, 0.2) is 11.5 Å². The molecule has 0 saturated carbocycles. The molecule has 8 heteroatoms. The molecule has 7 nitrogen and oxygen atoms in total. The number of anilines is 1. The number of carbonyl (C=O) groups is 2. The summed E-state index contributed by atoms with van der Waals surface area (Å²) in [5.41, 5.74) is 0.0647. The third-order valence-electron chi connectivity index (χ3n) is 3.92. The highest BCUT2D eigenvalue weighted by Gasteiger charge is 2.35. The van der Waals surface area contributed by atoms with Crippen LogP contribution in [0.4, 0.5) is 5.69 Å². The standard InChI is InChI=1S/C16H22N2O5S/c1-21-12-5-4-11(8-13(12)22-2)18-15(20)14(19)17-9-16(23-3)6-7-24-10-16/h4-5,8H,6-7,9-10H2,1-3H3,(H,17,19)(H,18,20). The van der Waals surface area contributed by atoms with E-state index in [9.17, 15) is 9.59 Å². The molecule has 24 heavy (non-hydrogen) atoms. The highest BCUT2D eigenvalue weighted by Crippen LogP contribution is 2.31. The fourth-order valence-corrected chi connectivity index (χ4v) is 3.78. The molecule has 1 aromatic carbocycles. The minimum absolute atomic E-state index is 0.314. The number of rotatable bonds is 6. The van der Waals surface area contributed by atoms with E-state index in [0.29, 0.717) is 23.7 Å². The normalized spacial score (nSPS) is 19.6. The highest BCUT2D eigenvalue weighted by molar-refractivity contribution is 7.99. The molecule has 2 amide bonds. The van der Waals surface area contributed by atoms with Crippen LogP contribution >= 0.6 is 11.8 Å². The molecule has 2 N–H and O–H groups in total. The summed E-state index contributed by atoms with van der Waals surface area (Å²) >= 11 is 1.77. The maximum Gasteiger partial charge on any atom is 0.313 e. The second-order valence-corrected chi connectivity index (χ2v) is 6.50. The van der Waals surface area contributed by atoms with Crippen molar-refractivity contribution in [2.45, 2.75) is 12.0 Å². The van der Waals surface area contributed by atoms with Gasteiger partial charge in [0.05, 0.1) is 19.8 Å². The zero-order valence-electron chi connectivity index (χ0n) is 14.0. The molecule has 0 radical (unpaired) electrons. The molecule has 1 unspecified atom stereocenters. The van der Waals surface area contributed by atoms with Gasteiger partial charge in [0, 0.05) is 31.2 Å². The minimum atomic E-state index is -0.737. The number of thioether (sulfide) groups is 1. The first-order valence-electron chi connectivity index (χ1n) is 7.47. The average Bonchev–Trinajstić information content (AvgIpc) is 3.09. The van der Waals surface area contributed by atoms with E-state index < -0.39 is 11.8 Å². The van der Waals surface area contributed by atoms with Crippen molar-refractivity contribution in [3.8, 4) is 11.5 Å². The van der Waals surface area contributed by atoms with Crippen LogP contribution in [0.2, 0.25) is 0 Å². The second-order valence-electron chi connectivity index (χ2n) is 5.40. The van der Waals surface area contributed by atoms with Crippen LogP contribution in [-0.4, -0.2) is 56.8 Å². The van der Waals surface area contributed by atoms with Gasteiger partial charge in [-0.15, -0.1) is 0 Å². The molecular weight excluding hydrogens is 332 g/mol. The van der Waals surface area contributed by atoms with Crippen LogP contribution in [0.1, 0.15) is 6.42 Å². The van der Waals surface area contributed by atoms with E-state index in [1.165, 1.54) is 14.2 Å². The Morgan fingerprint density at radius 1 is 1.17 bits per heavy atom. The topological polar surface area (TPSA) is 85.9 Å². The molecule has 1 aliphatic rings. The van der Waals surface area contributed by atoms with E-state index in [0.717, 1.165) is 17.9 Å². The summed E-state index contributed by atoms with van der Waals surface area (Å²) in [5, 5.41) is 5.18. The fourth-order valence-electron chi connectivity index (χ4n) is 2.38. The van der Waals surface area contributed by atoms with Gasteiger partial charge in [-0.25, -0.2) is 0 Å². The van der Waals surface area contributed by atoms with E-state index in [-0.39, 0.29) is 5.60 Å². The highest BCUT2D eigenvalue weighted by atomic mass is 32.2. The van der Waals surface area contributed by atoms with Crippen molar-refractivity contribution in [1.82, 2.24) is 5.32 Å². The lowest BCUT2D eigenvalue weighted by atomic mass is 10.0. The monoisotopic (exact) mass is 354 g/mol. The fraction of sp³-hybridized carbons (Fsp3) is 0.500. The number of amides is 2. The number of carbonyl (C=O) groups excluding carboxylic acids is 2. The molecule has 0 bridgehead atoms. The zero-order chi connectivity index (χ0) is 17.6. The summed E-state index contributed by atoms with van der Waals surface area (Å²) in [7, 11) is 4.65. The van der Waals surface area contributed by atoms with E-state index in [1.807, 2.05) is 0 Å². The van der Waals surface area contributed by atoms with Gasteiger partial charge in [-0.05, 0) is 24.3 Å². The zero-order valence-corrected chi connectivity index (χ0v) is 14.8. The van der Waals surface area contributed by atoms with Gasteiger partial charge in [-0.1, -0.05) is 0 Å². The minimum Gasteiger partial charge on any atom is -0.493 e. The quantitative estimate of drug-likeness (QED) is 0.749. The van der Waals surface area contributed by atoms with Gasteiger partial charge in [0.1, 0.15) is 0 Å². The lowest BCUT2D eigenvalue weighted by Gasteiger charge is -2.26. The van der Waals surface area contributed by atoms with Crippen LogP contribution < -0.4 is 20.1 Å². The van der Waals surface area contributed by atoms with Gasteiger partial charge in [-0.3, -0.25) is 9.59 Å². The van der Waals surface area contributed by atoms with Crippen molar-refractivity contribution in [1.29, 1.82) is 0 Å². The average molecular weight is 354 g/mol. The number of benzene rings is 1. The first-order valence-corrected chi connectivity index (χ1v) is 8.63. The maximum atomic E-state index is 12.0. The lowest BCUT2D eigenvalue weighted by molar-refractivity contribution is -0.136. The molecule has 132 valence electrons. The van der Waals surface area contributed by atoms with E-state index >= 15 is 0 Å². The Kier molecular flexibility index (Phi) is 6.33. The number of hydrogen-bond acceptors (Lipinski definition) is 6. The van der Waals surface area contributed by atoms with Crippen molar-refractivity contribution >= 4 is 29.3 Å². The van der Waals surface area contributed by atoms with Crippen LogP contribution in [0.15, 0.2) is 18.2 Å². The third-order valence-corrected chi connectivity index (χ3v) is 5.14. The van der Waals surface area contributed by atoms with E-state index in [4.69, 9.17) is 14.2 Å². The number of nitrogens with one attached hydrogen (secondary N) is 2. The molecule has 0 spiro atoms. The first-order chi connectivity index (χ1) is 11.5. The Bertz CT molecular complexity index is 602. The third kappa shape index (κ3) is 4.33. The summed E-state index contributed by atoms with van der Waals surface area (Å²) in [5.74, 6) is 1.37. The van der Waals surface area contributed by atoms with Crippen molar-refractivity contribution in [2.75, 3.05) is 44.7 Å². The molecule has 1 saturated heterocycles. The molecule has 1 heterocycles. The second kappa shape index (κ2) is 8.25. The van der Waals surface area contributed by atoms with Crippen LogP contribution in [0.3, 0.4) is 0 Å². The van der Waals surface area contributed by atoms with E-state index in [1.54, 1.807) is 37.1 Å². The first kappa shape index (κ1) is 18.4. The Labute approximate surface area is 145 Å². The van der Waals surface area contributed by atoms with Gasteiger partial charge in [-0.2, -0.15) is 11.8 Å². The largest absolute Gasteiger partial charge is 0.493 e. The summed E-state index contributed by atoms with van der Waals surface area (Å²) in [4.78, 5) is 24.0. The molecule has 0 aromatic heterocycles. The van der Waals surface area contributed by atoms with Crippen molar-refractivity contribution in [3.63, 3.8) is 0 Å². The van der Waals surface area contributed by atoms with Crippen molar-refractivity contribution < 1.29 is 23.8 Å². The van der Waals surface area contributed by atoms with Gasteiger partial charge in [0.2, 0.25) is 0 Å². The van der Waals surface area contributed by atoms with Gasteiger partial charge in [0.25, 0.3) is 0 Å². The van der Waals surface area contributed by atoms with E-state index in [2.05, 4.69) is 10.6 Å². The smallest absolute Gasteiger partial charge is 0.313 e. The lowest BCUT2D eigenvalue weighted by Crippen LogP contribution is -2.47. The number of methoxy groups -OCH3 is 3. The number of hydrogen-bond donors (Lipinski definition) is 2. The molecule has 0 aliphatic carbocycles. The Morgan fingerprint density at radius 2 is 1.92 bits per heavy atom. The molecular formula is C16H22N2O5S. The summed E-state index contributed by atoms with van der Waals surface area (Å²) in [6.45, 7) is 0.314. The molecule has 1 fully saturated rings. The Morgan fingerprint density at radius 3 is 2.50 bits per heavy atom. The number of ether oxygens (including phenoxy) is 3. The van der Waals surface area contributed by atoms with Gasteiger partial charge >= 0.3 is 11.8 Å². The molecule has 2 rings (SSSR count). The summed E-state index contributed by atoms with van der Waals surface area (Å²) in [6.07, 6.45) is 0.853. The summed E-state index contributed by atoms with van der Waals surface area (Å²) in [6, 6.07) is 4.88. The van der Waals surface area contributed by atoms with Crippen LogP contribution in [0.25, 0.3) is 0 Å². The van der Waals surface area contributed by atoms with Crippen LogP contribution in [-0.2, 0) is 14.3 Å². The maximum absolute atomic E-state index is 12.0. The predicted octanol–water partition coefficient (Wildman–Crippen LogP) is 1.28. The van der Waals surface area contributed by atoms with Gasteiger partial charge < -0.3 is 24.8 Å². The Balaban J connectivity index is 1.93. The van der Waals surface area contributed by atoms with Crippen molar-refractivity contribution in [2.24, 2.45) is 0 Å².